The molecule has 2 aromatic carbocycles. The van der Waals surface area contributed by atoms with Crippen LogP contribution in [0.4, 0.5) is 0 Å². The highest BCUT2D eigenvalue weighted by Crippen LogP contribution is 2.18. The third-order valence-corrected chi connectivity index (χ3v) is 2.30. The minimum absolute atomic E-state index is 0.606. The second kappa shape index (κ2) is 6.53. The van der Waals surface area contributed by atoms with Crippen LogP contribution in [0, 0.1) is 0 Å². The Hall–Kier alpha value is -1.93. The van der Waals surface area contributed by atoms with Crippen molar-refractivity contribution in [3.63, 3.8) is 0 Å². The standard InChI is InChI=1S/C13H13N.CH2O/c14-10-11-6-8-13(9-7-11)12-4-2-1-3-5-12;1-2/h1-9H,10,14H2;1H2. The molecule has 0 unspecified atom stereocenters. The van der Waals surface area contributed by atoms with E-state index in [9.17, 15) is 0 Å². The summed E-state index contributed by atoms with van der Waals surface area (Å²) in [4.78, 5) is 8.00. The van der Waals surface area contributed by atoms with E-state index in [0.29, 0.717) is 6.54 Å². The molecule has 82 valence electrons. The summed E-state index contributed by atoms with van der Waals surface area (Å²) >= 11 is 0. The molecule has 0 aliphatic carbocycles. The van der Waals surface area contributed by atoms with Crippen molar-refractivity contribution >= 4 is 6.79 Å². The van der Waals surface area contributed by atoms with Crippen LogP contribution in [0.3, 0.4) is 0 Å². The van der Waals surface area contributed by atoms with Gasteiger partial charge in [-0.05, 0) is 16.7 Å². The summed E-state index contributed by atoms with van der Waals surface area (Å²) in [5.41, 5.74) is 9.19. The molecule has 0 spiro atoms. The Morgan fingerprint density at radius 3 is 1.81 bits per heavy atom. The zero-order valence-corrected chi connectivity index (χ0v) is 9.10. The second-order valence-electron chi connectivity index (χ2n) is 3.27. The molecule has 2 nitrogen and oxygen atoms in total. The van der Waals surface area contributed by atoms with Crippen LogP contribution in [0.15, 0.2) is 54.6 Å². The van der Waals surface area contributed by atoms with E-state index < -0.39 is 0 Å². The minimum Gasteiger partial charge on any atom is -0.326 e. The molecule has 0 heterocycles. The van der Waals surface area contributed by atoms with Crippen LogP contribution in [-0.4, -0.2) is 6.79 Å². The molecule has 0 aliphatic heterocycles. The lowest BCUT2D eigenvalue weighted by Crippen LogP contribution is -1.95. The zero-order chi connectivity index (χ0) is 11.8. The highest BCUT2D eigenvalue weighted by molar-refractivity contribution is 5.63. The fourth-order valence-electron chi connectivity index (χ4n) is 1.46. The van der Waals surface area contributed by atoms with Crippen molar-refractivity contribution < 1.29 is 4.79 Å². The first-order valence-electron chi connectivity index (χ1n) is 5.03. The van der Waals surface area contributed by atoms with Gasteiger partial charge in [-0.15, -0.1) is 0 Å². The normalized spacial score (nSPS) is 9.06. The van der Waals surface area contributed by atoms with E-state index >= 15 is 0 Å². The molecule has 0 saturated carbocycles. The Morgan fingerprint density at radius 1 is 0.812 bits per heavy atom. The van der Waals surface area contributed by atoms with E-state index in [-0.39, 0.29) is 0 Å². The van der Waals surface area contributed by atoms with Gasteiger partial charge < -0.3 is 10.5 Å². The molecule has 0 radical (unpaired) electrons. The quantitative estimate of drug-likeness (QED) is 0.833. The Balaban J connectivity index is 0.000000606. The van der Waals surface area contributed by atoms with Crippen LogP contribution in [0.25, 0.3) is 11.1 Å². The van der Waals surface area contributed by atoms with Gasteiger partial charge in [0.15, 0.2) is 0 Å². The molecule has 0 atom stereocenters. The van der Waals surface area contributed by atoms with Gasteiger partial charge in [0, 0.05) is 6.54 Å². The van der Waals surface area contributed by atoms with Crippen LogP contribution in [0.2, 0.25) is 0 Å². The maximum absolute atomic E-state index is 8.00. The minimum atomic E-state index is 0.606. The van der Waals surface area contributed by atoms with Crippen molar-refractivity contribution in [3.8, 4) is 11.1 Å². The Bertz CT molecular complexity index is 409. The van der Waals surface area contributed by atoms with Gasteiger partial charge in [-0.25, -0.2) is 0 Å². The van der Waals surface area contributed by atoms with Gasteiger partial charge in [-0.1, -0.05) is 54.6 Å². The van der Waals surface area contributed by atoms with Crippen LogP contribution in [0.1, 0.15) is 5.56 Å². The van der Waals surface area contributed by atoms with Crippen molar-refractivity contribution in [3.05, 3.63) is 60.2 Å². The van der Waals surface area contributed by atoms with Crippen LogP contribution < -0.4 is 5.73 Å². The Kier molecular flexibility index (Phi) is 4.96. The molecular weight excluding hydrogens is 198 g/mol. The van der Waals surface area contributed by atoms with Gasteiger partial charge in [0.2, 0.25) is 0 Å². The summed E-state index contributed by atoms with van der Waals surface area (Å²) in [7, 11) is 0. The van der Waals surface area contributed by atoms with Gasteiger partial charge in [0.05, 0.1) is 0 Å². The number of benzene rings is 2. The van der Waals surface area contributed by atoms with Crippen LogP contribution in [-0.2, 0) is 11.3 Å². The summed E-state index contributed by atoms with van der Waals surface area (Å²) in [5, 5.41) is 0. The summed E-state index contributed by atoms with van der Waals surface area (Å²) in [6, 6.07) is 18.7. The smallest absolute Gasteiger partial charge is 0.106 e. The maximum Gasteiger partial charge on any atom is 0.106 e. The molecule has 16 heavy (non-hydrogen) atoms. The lowest BCUT2D eigenvalue weighted by Gasteiger charge is -2.02. The zero-order valence-electron chi connectivity index (χ0n) is 9.10. The Morgan fingerprint density at radius 2 is 1.31 bits per heavy atom. The van der Waals surface area contributed by atoms with Gasteiger partial charge in [-0.2, -0.15) is 0 Å². The molecule has 2 rings (SSSR count). The lowest BCUT2D eigenvalue weighted by molar-refractivity contribution is -0.0979. The van der Waals surface area contributed by atoms with Gasteiger partial charge in [0.25, 0.3) is 0 Å². The first-order valence-corrected chi connectivity index (χ1v) is 5.03. The van der Waals surface area contributed by atoms with Gasteiger partial charge in [0.1, 0.15) is 6.79 Å². The Labute approximate surface area is 95.7 Å². The highest BCUT2D eigenvalue weighted by Gasteiger charge is 1.95. The van der Waals surface area contributed by atoms with Crippen LogP contribution in [0.5, 0.6) is 0 Å². The maximum atomic E-state index is 8.00. The fraction of sp³-hybridized carbons (Fsp3) is 0.0714. The molecule has 2 heteroatoms. The van der Waals surface area contributed by atoms with Gasteiger partial charge >= 0.3 is 0 Å². The predicted molar refractivity (Wildman–Crippen MR) is 66.9 cm³/mol. The average molecular weight is 213 g/mol. The molecule has 0 amide bonds. The highest BCUT2D eigenvalue weighted by atomic mass is 16.1. The third-order valence-electron chi connectivity index (χ3n) is 2.30. The molecule has 0 saturated heterocycles. The SMILES string of the molecule is C=O.NCc1ccc(-c2ccccc2)cc1. The molecule has 0 bridgehead atoms. The van der Waals surface area contributed by atoms with E-state index in [1.165, 1.54) is 16.7 Å². The van der Waals surface area contributed by atoms with Crippen molar-refractivity contribution in [1.29, 1.82) is 0 Å². The summed E-state index contributed by atoms with van der Waals surface area (Å²) in [5.74, 6) is 0. The van der Waals surface area contributed by atoms with Crippen molar-refractivity contribution in [2.45, 2.75) is 6.54 Å². The molecule has 2 aromatic rings. The van der Waals surface area contributed by atoms with Crippen molar-refractivity contribution in [2.75, 3.05) is 0 Å². The summed E-state index contributed by atoms with van der Waals surface area (Å²) in [6.45, 7) is 2.61. The number of hydrogen-bond donors (Lipinski definition) is 1. The molecular formula is C14H15NO. The van der Waals surface area contributed by atoms with E-state index in [2.05, 4.69) is 36.4 Å². The van der Waals surface area contributed by atoms with E-state index in [0.717, 1.165) is 0 Å². The first kappa shape index (κ1) is 12.1. The fourth-order valence-corrected chi connectivity index (χ4v) is 1.46. The topological polar surface area (TPSA) is 43.1 Å². The molecule has 0 fully saturated rings. The molecule has 0 aliphatic rings. The summed E-state index contributed by atoms with van der Waals surface area (Å²) in [6.07, 6.45) is 0. The first-order chi connectivity index (χ1) is 7.90. The predicted octanol–water partition coefficient (Wildman–Crippen LogP) is 2.63. The third kappa shape index (κ3) is 3.04. The number of carbonyl (C=O) groups excluding carboxylic acids is 1. The molecule has 2 N–H and O–H groups in total. The lowest BCUT2D eigenvalue weighted by atomic mass is 10.0. The number of rotatable bonds is 2. The van der Waals surface area contributed by atoms with Crippen LogP contribution >= 0.6 is 0 Å². The number of carbonyl (C=O) groups is 1. The van der Waals surface area contributed by atoms with Crippen molar-refractivity contribution in [1.82, 2.24) is 0 Å². The summed E-state index contributed by atoms with van der Waals surface area (Å²) < 4.78 is 0. The largest absolute Gasteiger partial charge is 0.326 e. The van der Waals surface area contributed by atoms with Crippen molar-refractivity contribution in [2.24, 2.45) is 5.73 Å². The monoisotopic (exact) mass is 213 g/mol. The van der Waals surface area contributed by atoms with E-state index in [4.69, 9.17) is 10.5 Å². The molecule has 0 aromatic heterocycles. The van der Waals surface area contributed by atoms with E-state index in [1.807, 2.05) is 25.0 Å². The number of nitrogens with two attached hydrogens (primary N) is 1. The number of hydrogen-bond acceptors (Lipinski definition) is 2. The van der Waals surface area contributed by atoms with E-state index in [1.54, 1.807) is 0 Å². The average Bonchev–Trinajstić information content (AvgIpc) is 2.42. The van der Waals surface area contributed by atoms with Gasteiger partial charge in [-0.3, -0.25) is 0 Å². The second-order valence-corrected chi connectivity index (χ2v) is 3.27.